The first-order valence-corrected chi connectivity index (χ1v) is 7.44. The van der Waals surface area contributed by atoms with Gasteiger partial charge in [-0.05, 0) is 37.7 Å². The number of nitrogens with zero attached hydrogens (tertiary/aromatic N) is 2. The van der Waals surface area contributed by atoms with E-state index in [1.807, 2.05) is 19.1 Å². The molecule has 0 saturated carbocycles. The Morgan fingerprint density at radius 2 is 2.10 bits per heavy atom. The first-order valence-electron chi connectivity index (χ1n) is 6.45. The molecule has 0 radical (unpaired) electrons. The predicted octanol–water partition coefficient (Wildman–Crippen LogP) is 2.81. The SMILES string of the molecule is CCOC(=O)SCc1nc2ccccc2c(=O)n1CC. The zero-order valence-electron chi connectivity index (χ0n) is 11.5. The van der Waals surface area contributed by atoms with Crippen molar-refractivity contribution in [2.24, 2.45) is 0 Å². The molecular formula is C14H16N2O3S. The fourth-order valence-corrected chi connectivity index (χ4v) is 2.60. The van der Waals surface area contributed by atoms with Crippen molar-refractivity contribution in [3.8, 4) is 0 Å². The lowest BCUT2D eigenvalue weighted by molar-refractivity contribution is 0.181. The molecule has 0 saturated heterocycles. The van der Waals surface area contributed by atoms with E-state index in [1.165, 1.54) is 0 Å². The van der Waals surface area contributed by atoms with Crippen molar-refractivity contribution in [3.05, 3.63) is 40.4 Å². The number of fused-ring (bicyclic) bond motifs is 1. The van der Waals surface area contributed by atoms with Gasteiger partial charge in [0.2, 0.25) is 0 Å². The Balaban J connectivity index is 2.37. The lowest BCUT2D eigenvalue weighted by Gasteiger charge is -2.10. The number of aromatic nitrogens is 2. The number of hydrogen-bond donors (Lipinski definition) is 0. The summed E-state index contributed by atoms with van der Waals surface area (Å²) in [6.07, 6.45) is 0. The van der Waals surface area contributed by atoms with E-state index in [1.54, 1.807) is 23.6 Å². The highest BCUT2D eigenvalue weighted by Gasteiger charge is 2.12. The van der Waals surface area contributed by atoms with Crippen LogP contribution in [-0.4, -0.2) is 21.5 Å². The summed E-state index contributed by atoms with van der Waals surface area (Å²) in [4.78, 5) is 28.2. The Kier molecular flexibility index (Phi) is 4.79. The largest absolute Gasteiger partial charge is 0.458 e. The first kappa shape index (κ1) is 14.6. The Morgan fingerprint density at radius 3 is 2.80 bits per heavy atom. The van der Waals surface area contributed by atoms with Crippen LogP contribution in [0.5, 0.6) is 0 Å². The molecule has 2 aromatic rings. The summed E-state index contributed by atoms with van der Waals surface area (Å²) in [6.45, 7) is 4.51. The summed E-state index contributed by atoms with van der Waals surface area (Å²) in [6, 6.07) is 7.22. The second-order valence-corrected chi connectivity index (χ2v) is 4.98. The van der Waals surface area contributed by atoms with Crippen LogP contribution in [0.3, 0.4) is 0 Å². The quantitative estimate of drug-likeness (QED) is 0.811. The molecule has 5 nitrogen and oxygen atoms in total. The van der Waals surface area contributed by atoms with E-state index in [0.29, 0.717) is 35.6 Å². The third-order valence-electron chi connectivity index (χ3n) is 2.84. The molecule has 0 aliphatic rings. The van der Waals surface area contributed by atoms with Gasteiger partial charge in [-0.3, -0.25) is 9.36 Å². The van der Waals surface area contributed by atoms with E-state index < -0.39 is 0 Å². The minimum Gasteiger partial charge on any atom is -0.458 e. The van der Waals surface area contributed by atoms with Gasteiger partial charge >= 0.3 is 5.30 Å². The van der Waals surface area contributed by atoms with Crippen LogP contribution in [-0.2, 0) is 17.0 Å². The molecule has 1 aromatic carbocycles. The maximum Gasteiger partial charge on any atom is 0.367 e. The zero-order valence-corrected chi connectivity index (χ0v) is 12.3. The predicted molar refractivity (Wildman–Crippen MR) is 80.0 cm³/mol. The monoisotopic (exact) mass is 292 g/mol. The van der Waals surface area contributed by atoms with Gasteiger partial charge in [0.1, 0.15) is 5.82 Å². The molecule has 1 aromatic heterocycles. The van der Waals surface area contributed by atoms with Gasteiger partial charge in [0, 0.05) is 6.54 Å². The average Bonchev–Trinajstić information content (AvgIpc) is 2.46. The molecule has 6 heteroatoms. The second-order valence-electron chi connectivity index (χ2n) is 4.07. The molecule has 106 valence electrons. The standard InChI is InChI=1S/C14H16N2O3S/c1-3-16-12(9-20-14(18)19-4-2)15-11-8-6-5-7-10(11)13(16)17/h5-8H,3-4,9H2,1-2H3. The molecule has 0 amide bonds. The van der Waals surface area contributed by atoms with E-state index >= 15 is 0 Å². The molecule has 0 unspecified atom stereocenters. The Hall–Kier alpha value is -1.82. The van der Waals surface area contributed by atoms with Gasteiger partial charge < -0.3 is 4.74 Å². The number of thioether (sulfide) groups is 1. The average molecular weight is 292 g/mol. The van der Waals surface area contributed by atoms with Gasteiger partial charge in [-0.15, -0.1) is 0 Å². The Labute approximate surface area is 121 Å². The van der Waals surface area contributed by atoms with Crippen molar-refractivity contribution in [1.82, 2.24) is 9.55 Å². The van der Waals surface area contributed by atoms with Gasteiger partial charge in [-0.25, -0.2) is 9.78 Å². The second kappa shape index (κ2) is 6.56. The maximum absolute atomic E-state index is 12.3. The minimum absolute atomic E-state index is 0.0717. The van der Waals surface area contributed by atoms with Crippen molar-refractivity contribution < 1.29 is 9.53 Å². The van der Waals surface area contributed by atoms with Crippen LogP contribution in [0.2, 0.25) is 0 Å². The van der Waals surface area contributed by atoms with Crippen LogP contribution in [0.25, 0.3) is 10.9 Å². The molecule has 0 N–H and O–H groups in total. The summed E-state index contributed by atoms with van der Waals surface area (Å²) in [5.74, 6) is 0.918. The van der Waals surface area contributed by atoms with Crippen LogP contribution in [0.15, 0.2) is 29.1 Å². The van der Waals surface area contributed by atoms with Crippen molar-refractivity contribution in [2.45, 2.75) is 26.1 Å². The van der Waals surface area contributed by atoms with E-state index in [2.05, 4.69) is 4.98 Å². The first-order chi connectivity index (χ1) is 9.67. The third kappa shape index (κ3) is 3.01. The summed E-state index contributed by atoms with van der Waals surface area (Å²) in [7, 11) is 0. The van der Waals surface area contributed by atoms with Crippen molar-refractivity contribution in [2.75, 3.05) is 6.61 Å². The molecule has 0 atom stereocenters. The number of ether oxygens (including phenoxy) is 1. The fraction of sp³-hybridized carbons (Fsp3) is 0.357. The van der Waals surface area contributed by atoms with E-state index in [-0.39, 0.29) is 10.9 Å². The highest BCUT2D eigenvalue weighted by Crippen LogP contribution is 2.15. The molecule has 0 aliphatic carbocycles. The summed E-state index contributed by atoms with van der Waals surface area (Å²) in [5.41, 5.74) is 0.583. The number of carbonyl (C=O) groups excluding carboxylic acids is 1. The smallest absolute Gasteiger partial charge is 0.367 e. The topological polar surface area (TPSA) is 61.2 Å². The highest BCUT2D eigenvalue weighted by molar-refractivity contribution is 8.12. The molecule has 0 spiro atoms. The maximum atomic E-state index is 12.3. The fourth-order valence-electron chi connectivity index (χ4n) is 1.93. The Morgan fingerprint density at radius 1 is 1.35 bits per heavy atom. The van der Waals surface area contributed by atoms with Gasteiger partial charge in [0.15, 0.2) is 0 Å². The van der Waals surface area contributed by atoms with E-state index in [9.17, 15) is 9.59 Å². The van der Waals surface area contributed by atoms with Gasteiger partial charge in [-0.2, -0.15) is 0 Å². The summed E-state index contributed by atoms with van der Waals surface area (Å²) in [5, 5.41) is 0.247. The minimum atomic E-state index is -0.349. The number of benzene rings is 1. The molecular weight excluding hydrogens is 276 g/mol. The number of hydrogen-bond acceptors (Lipinski definition) is 5. The normalized spacial score (nSPS) is 10.7. The molecule has 0 aliphatic heterocycles. The molecule has 0 bridgehead atoms. The van der Waals surface area contributed by atoms with Crippen molar-refractivity contribution in [1.29, 1.82) is 0 Å². The van der Waals surface area contributed by atoms with E-state index in [0.717, 1.165) is 11.8 Å². The lowest BCUT2D eigenvalue weighted by atomic mass is 10.2. The Bertz CT molecular complexity index is 682. The van der Waals surface area contributed by atoms with Crippen LogP contribution < -0.4 is 5.56 Å². The molecule has 1 heterocycles. The lowest BCUT2D eigenvalue weighted by Crippen LogP contribution is -2.24. The number of para-hydroxylation sites is 1. The molecule has 0 fully saturated rings. The summed E-state index contributed by atoms with van der Waals surface area (Å²) >= 11 is 1.02. The van der Waals surface area contributed by atoms with Gasteiger partial charge in [0.05, 0.1) is 23.3 Å². The zero-order chi connectivity index (χ0) is 14.5. The third-order valence-corrected chi connectivity index (χ3v) is 3.59. The number of rotatable bonds is 4. The summed E-state index contributed by atoms with van der Waals surface area (Å²) < 4.78 is 6.46. The van der Waals surface area contributed by atoms with Crippen LogP contribution in [0, 0.1) is 0 Å². The van der Waals surface area contributed by atoms with E-state index in [4.69, 9.17) is 4.74 Å². The van der Waals surface area contributed by atoms with Crippen LogP contribution >= 0.6 is 11.8 Å². The highest BCUT2D eigenvalue weighted by atomic mass is 32.2. The van der Waals surface area contributed by atoms with Gasteiger partial charge in [0.25, 0.3) is 5.56 Å². The number of carbonyl (C=O) groups is 1. The molecule has 20 heavy (non-hydrogen) atoms. The molecule has 2 rings (SSSR count). The van der Waals surface area contributed by atoms with Gasteiger partial charge in [-0.1, -0.05) is 12.1 Å². The van der Waals surface area contributed by atoms with Crippen molar-refractivity contribution >= 4 is 28.0 Å². The van der Waals surface area contributed by atoms with Crippen molar-refractivity contribution in [3.63, 3.8) is 0 Å². The van der Waals surface area contributed by atoms with Crippen LogP contribution in [0.1, 0.15) is 19.7 Å². The van der Waals surface area contributed by atoms with Crippen LogP contribution in [0.4, 0.5) is 4.79 Å².